The number of likely N-dealkylation sites (N-methyl/N-ethyl adjacent to an activating group) is 1. The van der Waals surface area contributed by atoms with Crippen LogP contribution in [-0.2, 0) is 18.3 Å². The second-order valence-corrected chi connectivity index (χ2v) is 6.34. The van der Waals surface area contributed by atoms with Crippen LogP contribution in [0.5, 0.6) is 0 Å². The highest BCUT2D eigenvalue weighted by Gasteiger charge is 2.42. The van der Waals surface area contributed by atoms with Gasteiger partial charge >= 0.3 is 0 Å². The van der Waals surface area contributed by atoms with E-state index in [0.29, 0.717) is 6.54 Å². The van der Waals surface area contributed by atoms with Crippen molar-refractivity contribution in [1.29, 1.82) is 0 Å². The lowest BCUT2D eigenvalue weighted by molar-refractivity contribution is -0.115. The van der Waals surface area contributed by atoms with Crippen LogP contribution in [-0.4, -0.2) is 46.0 Å². The first-order valence-corrected chi connectivity index (χ1v) is 6.90. The van der Waals surface area contributed by atoms with Crippen molar-refractivity contribution < 1.29 is 4.74 Å². The van der Waals surface area contributed by atoms with Crippen LogP contribution in [0.1, 0.15) is 32.3 Å². The number of hydrogen-bond donors (Lipinski definition) is 1. The van der Waals surface area contributed by atoms with Gasteiger partial charge in [0.15, 0.2) is 0 Å². The summed E-state index contributed by atoms with van der Waals surface area (Å²) in [5, 5.41) is 4.23. The summed E-state index contributed by atoms with van der Waals surface area (Å²) in [5.74, 6) is 0. The molecule has 0 aliphatic carbocycles. The molecular weight excluding hydrogens is 240 g/mol. The summed E-state index contributed by atoms with van der Waals surface area (Å²) in [6, 6.07) is 0. The molecule has 1 aromatic heterocycles. The fourth-order valence-electron chi connectivity index (χ4n) is 3.10. The lowest BCUT2D eigenvalue weighted by Crippen LogP contribution is -2.59. The minimum Gasteiger partial charge on any atom is -0.375 e. The summed E-state index contributed by atoms with van der Waals surface area (Å²) >= 11 is 0. The fourth-order valence-corrected chi connectivity index (χ4v) is 3.10. The first-order chi connectivity index (χ1) is 8.87. The van der Waals surface area contributed by atoms with Gasteiger partial charge in [-0.05, 0) is 33.7 Å². The third kappa shape index (κ3) is 3.16. The summed E-state index contributed by atoms with van der Waals surface area (Å²) in [5.41, 5.74) is 7.25. The number of ether oxygens (including phenoxy) is 1. The van der Waals surface area contributed by atoms with Crippen LogP contribution < -0.4 is 5.73 Å². The van der Waals surface area contributed by atoms with E-state index in [2.05, 4.69) is 37.1 Å². The summed E-state index contributed by atoms with van der Waals surface area (Å²) < 4.78 is 7.67. The number of hydrogen-bond acceptors (Lipinski definition) is 4. The maximum absolute atomic E-state index is 6.10. The molecule has 1 aliphatic rings. The predicted octanol–water partition coefficient (Wildman–Crippen LogP) is 1.14. The van der Waals surface area contributed by atoms with E-state index >= 15 is 0 Å². The SMILES string of the molecule is CN(Cc1cnn(C)c1)C1(CN)CCOC(C)(C)C1. The predicted molar refractivity (Wildman–Crippen MR) is 75.7 cm³/mol. The molecule has 1 fully saturated rings. The highest BCUT2D eigenvalue weighted by Crippen LogP contribution is 2.35. The zero-order valence-electron chi connectivity index (χ0n) is 12.5. The van der Waals surface area contributed by atoms with Crippen molar-refractivity contribution in [3.63, 3.8) is 0 Å². The van der Waals surface area contributed by atoms with Crippen molar-refractivity contribution in [2.24, 2.45) is 12.8 Å². The lowest BCUT2D eigenvalue weighted by Gasteiger charge is -2.49. The van der Waals surface area contributed by atoms with E-state index in [1.54, 1.807) is 0 Å². The number of aromatic nitrogens is 2. The molecule has 1 atom stereocenters. The second-order valence-electron chi connectivity index (χ2n) is 6.34. The molecule has 5 nitrogen and oxygen atoms in total. The highest BCUT2D eigenvalue weighted by atomic mass is 16.5. The van der Waals surface area contributed by atoms with Crippen LogP contribution in [0, 0.1) is 0 Å². The largest absolute Gasteiger partial charge is 0.375 e. The van der Waals surface area contributed by atoms with Crippen LogP contribution in [0.25, 0.3) is 0 Å². The van der Waals surface area contributed by atoms with Crippen molar-refractivity contribution in [3.05, 3.63) is 18.0 Å². The standard InChI is InChI=1S/C14H26N4O/c1-13(2)10-14(11-15,5-6-19-13)17(3)8-12-7-16-18(4)9-12/h7,9H,5-6,8,10-11,15H2,1-4H3. The monoisotopic (exact) mass is 266 g/mol. The fraction of sp³-hybridized carbons (Fsp3) is 0.786. The van der Waals surface area contributed by atoms with E-state index in [4.69, 9.17) is 10.5 Å². The third-order valence-electron chi connectivity index (χ3n) is 4.18. The number of rotatable bonds is 4. The van der Waals surface area contributed by atoms with E-state index in [9.17, 15) is 0 Å². The van der Waals surface area contributed by atoms with Gasteiger partial charge in [0.2, 0.25) is 0 Å². The minimum absolute atomic E-state index is 0.0254. The van der Waals surface area contributed by atoms with Crippen molar-refractivity contribution in [2.45, 2.75) is 44.4 Å². The zero-order chi connectivity index (χ0) is 14.1. The van der Waals surface area contributed by atoms with Gasteiger partial charge in [-0.3, -0.25) is 9.58 Å². The van der Waals surface area contributed by atoms with Crippen molar-refractivity contribution >= 4 is 0 Å². The van der Waals surface area contributed by atoms with Crippen molar-refractivity contribution in [2.75, 3.05) is 20.2 Å². The Morgan fingerprint density at radius 3 is 2.79 bits per heavy atom. The third-order valence-corrected chi connectivity index (χ3v) is 4.18. The quantitative estimate of drug-likeness (QED) is 0.888. The van der Waals surface area contributed by atoms with Crippen molar-refractivity contribution in [1.82, 2.24) is 14.7 Å². The number of aryl methyl sites for hydroxylation is 1. The zero-order valence-corrected chi connectivity index (χ0v) is 12.5. The molecule has 2 rings (SSSR count). The van der Waals surface area contributed by atoms with Gasteiger partial charge in [0.1, 0.15) is 0 Å². The molecule has 1 aromatic rings. The molecule has 19 heavy (non-hydrogen) atoms. The average molecular weight is 266 g/mol. The molecule has 5 heteroatoms. The van der Waals surface area contributed by atoms with Gasteiger partial charge in [-0.2, -0.15) is 5.10 Å². The Morgan fingerprint density at radius 1 is 1.53 bits per heavy atom. The maximum Gasteiger partial charge on any atom is 0.0644 e. The second kappa shape index (κ2) is 5.23. The topological polar surface area (TPSA) is 56.3 Å². The molecule has 0 spiro atoms. The number of nitrogens with two attached hydrogens (primary N) is 1. The van der Waals surface area contributed by atoms with Gasteiger partial charge in [-0.25, -0.2) is 0 Å². The average Bonchev–Trinajstić information content (AvgIpc) is 2.73. The summed E-state index contributed by atoms with van der Waals surface area (Å²) in [6.45, 7) is 6.61. The Kier molecular flexibility index (Phi) is 3.99. The molecule has 1 unspecified atom stereocenters. The first kappa shape index (κ1) is 14.5. The van der Waals surface area contributed by atoms with Crippen molar-refractivity contribution in [3.8, 4) is 0 Å². The van der Waals surface area contributed by atoms with E-state index in [1.807, 2.05) is 17.9 Å². The molecule has 0 amide bonds. The van der Waals surface area contributed by atoms with E-state index in [-0.39, 0.29) is 11.1 Å². The van der Waals surface area contributed by atoms with Crippen LogP contribution in [0.3, 0.4) is 0 Å². The molecule has 2 heterocycles. The smallest absolute Gasteiger partial charge is 0.0644 e. The van der Waals surface area contributed by atoms with E-state index in [0.717, 1.165) is 26.0 Å². The summed E-state index contributed by atoms with van der Waals surface area (Å²) in [7, 11) is 4.10. The highest BCUT2D eigenvalue weighted by molar-refractivity contribution is 5.06. The Bertz CT molecular complexity index is 429. The molecule has 108 valence electrons. The van der Waals surface area contributed by atoms with Gasteiger partial charge in [0, 0.05) is 44.0 Å². The van der Waals surface area contributed by atoms with Gasteiger partial charge < -0.3 is 10.5 Å². The molecule has 0 bridgehead atoms. The van der Waals surface area contributed by atoms with Gasteiger partial charge in [-0.15, -0.1) is 0 Å². The molecule has 1 saturated heterocycles. The van der Waals surface area contributed by atoms with Gasteiger partial charge in [0.05, 0.1) is 11.8 Å². The van der Waals surface area contributed by atoms with Crippen LogP contribution in [0.15, 0.2) is 12.4 Å². The van der Waals surface area contributed by atoms with Crippen LogP contribution in [0.4, 0.5) is 0 Å². The molecule has 0 aromatic carbocycles. The lowest BCUT2D eigenvalue weighted by atomic mass is 9.80. The summed E-state index contributed by atoms with van der Waals surface area (Å²) in [4.78, 5) is 2.37. The molecule has 1 aliphatic heterocycles. The normalized spacial score (nSPS) is 26.8. The maximum atomic E-state index is 6.10. The summed E-state index contributed by atoms with van der Waals surface area (Å²) in [6.07, 6.45) is 5.94. The Labute approximate surface area is 115 Å². The van der Waals surface area contributed by atoms with Crippen LogP contribution >= 0.6 is 0 Å². The minimum atomic E-state index is -0.0964. The van der Waals surface area contributed by atoms with Crippen LogP contribution in [0.2, 0.25) is 0 Å². The Morgan fingerprint density at radius 2 is 2.26 bits per heavy atom. The molecule has 0 radical (unpaired) electrons. The van der Waals surface area contributed by atoms with E-state index < -0.39 is 0 Å². The van der Waals surface area contributed by atoms with Gasteiger partial charge in [0.25, 0.3) is 0 Å². The Balaban J connectivity index is 2.11. The molecule has 0 saturated carbocycles. The number of nitrogens with zero attached hydrogens (tertiary/aromatic N) is 3. The van der Waals surface area contributed by atoms with E-state index in [1.165, 1.54) is 5.56 Å². The molecular formula is C14H26N4O. The van der Waals surface area contributed by atoms with Gasteiger partial charge in [-0.1, -0.05) is 0 Å². The first-order valence-electron chi connectivity index (χ1n) is 6.90. The Hall–Kier alpha value is -0.910. The molecule has 2 N–H and O–H groups in total.